The molecule has 3 aromatic heterocycles. The number of hydrogen-bond donors (Lipinski definition) is 0. The lowest BCUT2D eigenvalue weighted by Gasteiger charge is -2.19. The van der Waals surface area contributed by atoms with E-state index in [-0.39, 0.29) is 40.1 Å². The Morgan fingerprint density at radius 2 is 1.88 bits per heavy atom. The molecule has 0 N–H and O–H groups in total. The van der Waals surface area contributed by atoms with Crippen molar-refractivity contribution in [2.24, 2.45) is 7.05 Å². The summed E-state index contributed by atoms with van der Waals surface area (Å²) in [6.45, 7) is 3.03. The van der Waals surface area contributed by atoms with Gasteiger partial charge in [-0.1, -0.05) is 6.92 Å². The Labute approximate surface area is 198 Å². The highest BCUT2D eigenvalue weighted by atomic mass is 32.2. The van der Waals surface area contributed by atoms with Gasteiger partial charge in [0.05, 0.1) is 38.3 Å². The molecule has 8 nitrogen and oxygen atoms in total. The lowest BCUT2D eigenvalue weighted by molar-refractivity contribution is -0.144. The Balaban J connectivity index is 1.92. The molecule has 0 amide bonds. The number of pyridine rings is 2. The summed E-state index contributed by atoms with van der Waals surface area (Å²) < 4.78 is 69.8. The van der Waals surface area contributed by atoms with Crippen molar-refractivity contribution in [3.05, 3.63) is 34.4 Å². The van der Waals surface area contributed by atoms with E-state index in [0.29, 0.717) is 15.1 Å². The Morgan fingerprint density at radius 1 is 1.21 bits per heavy atom. The van der Waals surface area contributed by atoms with Crippen LogP contribution in [0, 0.1) is 0 Å². The second kappa shape index (κ2) is 8.91. The maximum absolute atomic E-state index is 13.6. The van der Waals surface area contributed by atoms with Crippen LogP contribution < -0.4 is 9.86 Å². The number of nitrogens with zero attached hydrogens (tertiary/aromatic N) is 5. The minimum absolute atomic E-state index is 0.00378. The van der Waals surface area contributed by atoms with E-state index in [9.17, 15) is 26.4 Å². The number of imidazole rings is 1. The predicted octanol–water partition coefficient (Wildman–Crippen LogP) is 3.23. The van der Waals surface area contributed by atoms with Crippen LogP contribution in [0.3, 0.4) is 0 Å². The van der Waals surface area contributed by atoms with Crippen LogP contribution in [0.1, 0.15) is 32.4 Å². The molecular weight excluding hydrogens is 491 g/mol. The third kappa shape index (κ3) is 4.19. The third-order valence-corrected chi connectivity index (χ3v) is 8.86. The molecule has 1 fully saturated rings. The van der Waals surface area contributed by atoms with Gasteiger partial charge in [-0.2, -0.15) is 13.2 Å². The van der Waals surface area contributed by atoms with Crippen LogP contribution in [0.15, 0.2) is 28.0 Å². The third-order valence-electron chi connectivity index (χ3n) is 5.74. The first-order chi connectivity index (χ1) is 16.0. The molecule has 1 aliphatic carbocycles. The highest BCUT2D eigenvalue weighted by Crippen LogP contribution is 2.34. The minimum atomic E-state index is -4.72. The quantitative estimate of drug-likeness (QED) is 0.482. The number of alkyl halides is 3. The van der Waals surface area contributed by atoms with Crippen LogP contribution >= 0.6 is 0 Å². The van der Waals surface area contributed by atoms with Gasteiger partial charge in [0.25, 0.3) is 5.56 Å². The zero-order valence-corrected chi connectivity index (χ0v) is 20.7. The topological polar surface area (TPSA) is 90.1 Å². The van der Waals surface area contributed by atoms with Crippen molar-refractivity contribution in [3.63, 3.8) is 0 Å². The van der Waals surface area contributed by atoms with Gasteiger partial charge in [-0.15, -0.1) is 0 Å². The van der Waals surface area contributed by atoms with Gasteiger partial charge in [0.2, 0.25) is 0 Å². The molecule has 0 saturated heterocycles. The summed E-state index contributed by atoms with van der Waals surface area (Å²) in [7, 11) is 0.442. The SMILES string of the molecule is CCn1c(C(F)(F)F)cc2nc(-c3ncc(N(C)S(=O)C4CC4)cc3S(=O)CC)n(C)c2c1=O. The first-order valence-corrected chi connectivity index (χ1v) is 13.2. The molecular formula is C21H24F3N5O3S2. The summed E-state index contributed by atoms with van der Waals surface area (Å²) >= 11 is 0. The fourth-order valence-corrected chi connectivity index (χ4v) is 6.00. The van der Waals surface area contributed by atoms with Gasteiger partial charge in [0.15, 0.2) is 5.82 Å². The molecule has 2 unspecified atom stereocenters. The molecule has 0 spiro atoms. The number of hydrogen-bond acceptors (Lipinski definition) is 5. The van der Waals surface area contributed by atoms with Crippen LogP contribution in [-0.4, -0.2) is 45.6 Å². The molecule has 0 radical (unpaired) electrons. The normalized spacial score (nSPS) is 16.1. The van der Waals surface area contributed by atoms with Crippen LogP contribution in [0.5, 0.6) is 0 Å². The number of aryl methyl sites for hydroxylation is 1. The molecule has 0 aromatic carbocycles. The summed E-state index contributed by atoms with van der Waals surface area (Å²) in [5.41, 5.74) is -1.31. The standard InChI is InChI=1S/C21H24F3N5O3S2/c1-5-29-16(21(22,23)24)10-14-18(20(29)30)27(3)19(26-14)17-15(33(31)6-2)9-12(11-25-17)28(4)34(32)13-7-8-13/h9-11,13H,5-8H2,1-4H3. The number of aromatic nitrogens is 4. The van der Waals surface area contributed by atoms with Crippen molar-refractivity contribution in [1.82, 2.24) is 19.1 Å². The second-order valence-electron chi connectivity index (χ2n) is 7.95. The molecule has 1 saturated carbocycles. The van der Waals surface area contributed by atoms with Crippen molar-refractivity contribution in [2.75, 3.05) is 17.1 Å². The average Bonchev–Trinajstić information content (AvgIpc) is 3.60. The molecule has 1 aliphatic rings. The smallest absolute Gasteiger partial charge is 0.321 e. The van der Waals surface area contributed by atoms with Crippen LogP contribution in [-0.2, 0) is 41.6 Å². The monoisotopic (exact) mass is 515 g/mol. The van der Waals surface area contributed by atoms with E-state index in [0.717, 1.165) is 18.9 Å². The second-order valence-corrected chi connectivity index (χ2v) is 11.4. The van der Waals surface area contributed by atoms with E-state index in [1.807, 2.05) is 0 Å². The average molecular weight is 516 g/mol. The Morgan fingerprint density at radius 3 is 2.44 bits per heavy atom. The number of fused-ring (bicyclic) bond motifs is 1. The minimum Gasteiger partial charge on any atom is -0.321 e. The lowest BCUT2D eigenvalue weighted by atomic mass is 10.3. The highest BCUT2D eigenvalue weighted by Gasteiger charge is 2.36. The first kappa shape index (κ1) is 24.6. The number of halogens is 3. The predicted molar refractivity (Wildman–Crippen MR) is 125 cm³/mol. The summed E-state index contributed by atoms with van der Waals surface area (Å²) in [6, 6.07) is 2.47. The fourth-order valence-electron chi connectivity index (χ4n) is 3.78. The Hall–Kier alpha value is -2.54. The molecule has 0 bridgehead atoms. The molecule has 4 rings (SSSR count). The zero-order valence-electron chi connectivity index (χ0n) is 19.0. The maximum Gasteiger partial charge on any atom is 0.431 e. The molecule has 3 heterocycles. The van der Waals surface area contributed by atoms with Gasteiger partial charge in [0.1, 0.15) is 27.9 Å². The van der Waals surface area contributed by atoms with Crippen molar-refractivity contribution < 1.29 is 21.6 Å². The van der Waals surface area contributed by atoms with Crippen LogP contribution in [0.4, 0.5) is 18.9 Å². The molecule has 184 valence electrons. The maximum atomic E-state index is 13.6. The van der Waals surface area contributed by atoms with E-state index in [2.05, 4.69) is 9.97 Å². The molecule has 0 aliphatic heterocycles. The molecule has 34 heavy (non-hydrogen) atoms. The largest absolute Gasteiger partial charge is 0.431 e. The fraction of sp³-hybridized carbons (Fsp3) is 0.476. The van der Waals surface area contributed by atoms with E-state index < -0.39 is 39.2 Å². The van der Waals surface area contributed by atoms with Gasteiger partial charge < -0.3 is 9.13 Å². The highest BCUT2D eigenvalue weighted by molar-refractivity contribution is 7.87. The van der Waals surface area contributed by atoms with E-state index in [1.54, 1.807) is 24.3 Å². The van der Waals surface area contributed by atoms with Gasteiger partial charge >= 0.3 is 6.18 Å². The van der Waals surface area contributed by atoms with Gasteiger partial charge in [-0.3, -0.25) is 13.3 Å². The van der Waals surface area contributed by atoms with Crippen molar-refractivity contribution in [3.8, 4) is 11.5 Å². The van der Waals surface area contributed by atoms with Crippen molar-refractivity contribution >= 4 is 38.5 Å². The first-order valence-electron chi connectivity index (χ1n) is 10.7. The van der Waals surface area contributed by atoms with E-state index >= 15 is 0 Å². The zero-order chi connectivity index (χ0) is 24.9. The van der Waals surface area contributed by atoms with Gasteiger partial charge in [-0.05, 0) is 31.9 Å². The number of anilines is 1. The Bertz CT molecular complexity index is 1380. The number of rotatable bonds is 7. The van der Waals surface area contributed by atoms with E-state index in [4.69, 9.17) is 0 Å². The summed E-state index contributed by atoms with van der Waals surface area (Å²) in [6.07, 6.45) is -1.50. The van der Waals surface area contributed by atoms with Crippen molar-refractivity contribution in [1.29, 1.82) is 0 Å². The summed E-state index contributed by atoms with van der Waals surface area (Å²) in [4.78, 5) is 22.0. The van der Waals surface area contributed by atoms with Crippen LogP contribution in [0.25, 0.3) is 22.6 Å². The molecule has 3 aromatic rings. The van der Waals surface area contributed by atoms with E-state index in [1.165, 1.54) is 24.7 Å². The van der Waals surface area contributed by atoms with Gasteiger partial charge in [0, 0.05) is 26.4 Å². The lowest BCUT2D eigenvalue weighted by Crippen LogP contribution is -2.28. The molecule has 2 atom stereocenters. The van der Waals surface area contributed by atoms with Crippen LogP contribution in [0.2, 0.25) is 0 Å². The van der Waals surface area contributed by atoms with Gasteiger partial charge in [-0.25, -0.2) is 14.2 Å². The summed E-state index contributed by atoms with van der Waals surface area (Å²) in [5, 5.41) is 0.0909. The Kier molecular flexibility index (Phi) is 6.44. The molecule has 13 heteroatoms. The van der Waals surface area contributed by atoms with Crippen molar-refractivity contribution in [2.45, 2.75) is 49.6 Å². The summed E-state index contributed by atoms with van der Waals surface area (Å²) in [5.74, 6) is 0.390.